The number of pyridine rings is 1. The summed E-state index contributed by atoms with van der Waals surface area (Å²) in [7, 11) is 0. The maximum atomic E-state index is 12.9. The van der Waals surface area contributed by atoms with Crippen LogP contribution < -0.4 is 0 Å². The largest absolute Gasteiger partial charge is 0.336 e. The Hall–Kier alpha value is -2.70. The summed E-state index contributed by atoms with van der Waals surface area (Å²) in [5.41, 5.74) is 3.33. The first-order chi connectivity index (χ1) is 11.6. The highest BCUT2D eigenvalue weighted by molar-refractivity contribution is 5.97. The minimum absolute atomic E-state index is 0.0265. The number of carbonyl (C=O) groups excluding carboxylic acids is 1. The maximum absolute atomic E-state index is 12.9. The molecule has 124 valence electrons. The summed E-state index contributed by atoms with van der Waals surface area (Å²) < 4.78 is 1.98. The van der Waals surface area contributed by atoms with E-state index in [4.69, 9.17) is 0 Å². The fraction of sp³-hybridized carbons (Fsp3) is 0.412. The van der Waals surface area contributed by atoms with E-state index >= 15 is 0 Å². The van der Waals surface area contributed by atoms with Gasteiger partial charge >= 0.3 is 0 Å². The lowest BCUT2D eigenvalue weighted by Crippen LogP contribution is -2.40. The van der Waals surface area contributed by atoms with E-state index in [1.54, 1.807) is 6.20 Å². The summed E-state index contributed by atoms with van der Waals surface area (Å²) in [4.78, 5) is 19.1. The van der Waals surface area contributed by atoms with Gasteiger partial charge in [0, 0.05) is 36.6 Å². The summed E-state index contributed by atoms with van der Waals surface area (Å²) in [6.45, 7) is 5.42. The molecule has 4 heterocycles. The average molecular weight is 324 g/mol. The van der Waals surface area contributed by atoms with E-state index in [0.717, 1.165) is 36.0 Å². The third kappa shape index (κ3) is 2.55. The third-order valence-electron chi connectivity index (χ3n) is 4.64. The molecule has 0 aromatic carbocycles. The van der Waals surface area contributed by atoms with E-state index in [-0.39, 0.29) is 11.9 Å². The molecule has 7 heteroatoms. The van der Waals surface area contributed by atoms with Crippen molar-refractivity contribution < 1.29 is 4.79 Å². The van der Waals surface area contributed by atoms with Crippen molar-refractivity contribution in [2.75, 3.05) is 13.1 Å². The van der Waals surface area contributed by atoms with Crippen molar-refractivity contribution in [1.29, 1.82) is 0 Å². The van der Waals surface area contributed by atoms with E-state index in [9.17, 15) is 4.79 Å². The number of fused-ring (bicyclic) bond motifs is 1. The molecule has 7 nitrogen and oxygen atoms in total. The number of amides is 1. The second-order valence-electron chi connectivity index (χ2n) is 6.49. The highest BCUT2D eigenvalue weighted by Gasteiger charge is 2.26. The molecule has 3 aromatic heterocycles. The normalized spacial score (nSPS) is 18.2. The summed E-state index contributed by atoms with van der Waals surface area (Å²) in [5, 5.41) is 12.3. The predicted octanol–water partition coefficient (Wildman–Crippen LogP) is 2.25. The first-order valence-electron chi connectivity index (χ1n) is 8.22. The van der Waals surface area contributed by atoms with Crippen LogP contribution in [0.15, 0.2) is 24.7 Å². The van der Waals surface area contributed by atoms with Crippen molar-refractivity contribution in [1.82, 2.24) is 29.9 Å². The SMILES string of the molecule is Cc1cnn(C2CCCN(C(=O)c3cnc4n[nH]c(C)c4c3)C2)c1. The first kappa shape index (κ1) is 14.9. The van der Waals surface area contributed by atoms with Crippen LogP contribution >= 0.6 is 0 Å². The van der Waals surface area contributed by atoms with E-state index in [2.05, 4.69) is 20.3 Å². The first-order valence-corrected chi connectivity index (χ1v) is 8.22. The molecule has 1 atom stereocenters. The van der Waals surface area contributed by atoms with Crippen LogP contribution in [0.1, 0.15) is 40.5 Å². The Labute approximate surface area is 139 Å². The second-order valence-corrected chi connectivity index (χ2v) is 6.49. The Morgan fingerprint density at radius 2 is 2.21 bits per heavy atom. The van der Waals surface area contributed by atoms with Crippen LogP contribution in [0, 0.1) is 13.8 Å². The molecule has 24 heavy (non-hydrogen) atoms. The zero-order valence-corrected chi connectivity index (χ0v) is 13.9. The Kier molecular flexibility index (Phi) is 3.55. The fourth-order valence-corrected chi connectivity index (χ4v) is 3.31. The van der Waals surface area contributed by atoms with Crippen molar-refractivity contribution in [2.45, 2.75) is 32.7 Å². The van der Waals surface area contributed by atoms with Gasteiger partial charge in [0.15, 0.2) is 5.65 Å². The second kappa shape index (κ2) is 5.74. The number of aromatic amines is 1. The molecule has 1 unspecified atom stereocenters. The molecule has 1 aliphatic rings. The van der Waals surface area contributed by atoms with E-state index < -0.39 is 0 Å². The topological polar surface area (TPSA) is 79.7 Å². The number of likely N-dealkylation sites (tertiary alicyclic amines) is 1. The summed E-state index contributed by atoms with van der Waals surface area (Å²) >= 11 is 0. The van der Waals surface area contributed by atoms with Gasteiger partial charge in [-0.1, -0.05) is 0 Å². The van der Waals surface area contributed by atoms with Gasteiger partial charge in [-0.2, -0.15) is 10.2 Å². The van der Waals surface area contributed by atoms with Crippen LogP contribution in [-0.4, -0.2) is 48.9 Å². The molecule has 0 bridgehead atoms. The van der Waals surface area contributed by atoms with Gasteiger partial charge in [0.25, 0.3) is 5.91 Å². The lowest BCUT2D eigenvalue weighted by atomic mass is 10.0. The summed E-state index contributed by atoms with van der Waals surface area (Å²) in [5.74, 6) is 0.0265. The monoisotopic (exact) mass is 324 g/mol. The van der Waals surface area contributed by atoms with Crippen LogP contribution in [-0.2, 0) is 0 Å². The highest BCUT2D eigenvalue weighted by Crippen LogP contribution is 2.23. The summed E-state index contributed by atoms with van der Waals surface area (Å²) in [6, 6.07) is 2.12. The van der Waals surface area contributed by atoms with Crippen molar-refractivity contribution in [2.24, 2.45) is 0 Å². The molecule has 1 fully saturated rings. The standard InChI is InChI=1S/C17H20N6O/c1-11-7-19-23(9-11)14-4-3-5-22(10-14)17(24)13-6-15-12(2)20-21-16(15)18-8-13/h6-9,14H,3-5,10H2,1-2H3,(H,18,20,21). The molecule has 0 spiro atoms. The minimum Gasteiger partial charge on any atom is -0.336 e. The van der Waals surface area contributed by atoms with Crippen molar-refractivity contribution >= 4 is 16.9 Å². The van der Waals surface area contributed by atoms with Crippen LogP contribution in [0.5, 0.6) is 0 Å². The molecule has 3 aromatic rings. The Morgan fingerprint density at radius 3 is 3.00 bits per heavy atom. The maximum Gasteiger partial charge on any atom is 0.255 e. The van der Waals surface area contributed by atoms with Crippen molar-refractivity contribution in [3.8, 4) is 0 Å². The van der Waals surface area contributed by atoms with Gasteiger partial charge in [-0.25, -0.2) is 4.98 Å². The smallest absolute Gasteiger partial charge is 0.255 e. The average Bonchev–Trinajstić information content (AvgIpc) is 3.20. The van der Waals surface area contributed by atoms with Crippen LogP contribution in [0.3, 0.4) is 0 Å². The third-order valence-corrected chi connectivity index (χ3v) is 4.64. The van der Waals surface area contributed by atoms with Crippen molar-refractivity contribution in [3.63, 3.8) is 0 Å². The van der Waals surface area contributed by atoms with E-state index in [0.29, 0.717) is 17.8 Å². The van der Waals surface area contributed by atoms with Gasteiger partial charge < -0.3 is 4.90 Å². The van der Waals surface area contributed by atoms with Gasteiger partial charge in [-0.3, -0.25) is 14.6 Å². The van der Waals surface area contributed by atoms with Gasteiger partial charge in [-0.05, 0) is 38.3 Å². The number of hydrogen-bond donors (Lipinski definition) is 1. The van der Waals surface area contributed by atoms with Crippen LogP contribution in [0.2, 0.25) is 0 Å². The number of piperidine rings is 1. The van der Waals surface area contributed by atoms with Gasteiger partial charge in [0.1, 0.15) is 0 Å². The lowest BCUT2D eigenvalue weighted by molar-refractivity contribution is 0.0672. The Balaban J connectivity index is 1.57. The van der Waals surface area contributed by atoms with E-state index in [1.807, 2.05) is 41.9 Å². The summed E-state index contributed by atoms with van der Waals surface area (Å²) in [6.07, 6.45) is 7.55. The molecule has 1 amide bonds. The van der Waals surface area contributed by atoms with Gasteiger partial charge in [0.05, 0.1) is 17.8 Å². The minimum atomic E-state index is 0.0265. The van der Waals surface area contributed by atoms with E-state index in [1.165, 1.54) is 0 Å². The molecule has 4 rings (SSSR count). The number of carbonyl (C=O) groups is 1. The zero-order chi connectivity index (χ0) is 16.7. The molecular formula is C17H20N6O. The highest BCUT2D eigenvalue weighted by atomic mass is 16.2. The Bertz CT molecular complexity index is 896. The van der Waals surface area contributed by atoms with Crippen molar-refractivity contribution in [3.05, 3.63) is 41.5 Å². The number of hydrogen-bond acceptors (Lipinski definition) is 4. The van der Waals surface area contributed by atoms with Crippen LogP contribution in [0.25, 0.3) is 11.0 Å². The number of rotatable bonds is 2. The number of H-pyrrole nitrogens is 1. The molecule has 1 aliphatic heterocycles. The van der Waals surface area contributed by atoms with Gasteiger partial charge in [-0.15, -0.1) is 0 Å². The molecule has 0 radical (unpaired) electrons. The molecule has 0 aliphatic carbocycles. The molecular weight excluding hydrogens is 304 g/mol. The van der Waals surface area contributed by atoms with Gasteiger partial charge in [0.2, 0.25) is 0 Å². The van der Waals surface area contributed by atoms with Crippen LogP contribution in [0.4, 0.5) is 0 Å². The zero-order valence-electron chi connectivity index (χ0n) is 13.9. The molecule has 0 saturated carbocycles. The number of nitrogens with zero attached hydrogens (tertiary/aromatic N) is 5. The predicted molar refractivity (Wildman–Crippen MR) is 89.8 cm³/mol. The number of aryl methyl sites for hydroxylation is 2. The molecule has 1 N–H and O–H groups in total. The molecule has 1 saturated heterocycles. The fourth-order valence-electron chi connectivity index (χ4n) is 3.31. The number of aromatic nitrogens is 5. The quantitative estimate of drug-likeness (QED) is 0.784. The Morgan fingerprint density at radius 1 is 1.33 bits per heavy atom. The number of nitrogens with one attached hydrogen (secondary N) is 1. The lowest BCUT2D eigenvalue weighted by Gasteiger charge is -2.32.